The first kappa shape index (κ1) is 27.9. The molecule has 196 valence electrons. The van der Waals surface area contributed by atoms with E-state index < -0.39 is 34.1 Å². The number of benzene rings is 3. The number of hydrogen-bond acceptors (Lipinski definition) is 4. The van der Waals surface area contributed by atoms with Gasteiger partial charge in [0.2, 0.25) is 11.8 Å². The molecule has 0 unspecified atom stereocenters. The summed E-state index contributed by atoms with van der Waals surface area (Å²) in [7, 11) is -4.06. The molecule has 1 N–H and O–H groups in total. The number of carbonyl (C=O) groups is 2. The highest BCUT2D eigenvalue weighted by molar-refractivity contribution is 7.92. The van der Waals surface area contributed by atoms with Gasteiger partial charge in [-0.1, -0.05) is 66.2 Å². The second-order valence-corrected chi connectivity index (χ2v) is 11.9. The van der Waals surface area contributed by atoms with E-state index in [1.54, 1.807) is 49.4 Å². The van der Waals surface area contributed by atoms with E-state index in [4.69, 9.17) is 0 Å². The standard InChI is InChI=1S/C29H35N3O4S/c1-22-16-18-26(19-17-22)37(35,36)32(25-14-10-7-11-15-25)21-27(33)31(20-24-12-8-6-9-13-24)23(2)28(34)30-29(3,4)5/h6-19,23H,20-21H2,1-5H3,(H,30,34)/t23-/m0/s1. The van der Waals surface area contributed by atoms with Crippen LogP contribution in [0.2, 0.25) is 0 Å². The largest absolute Gasteiger partial charge is 0.350 e. The molecule has 0 radical (unpaired) electrons. The highest BCUT2D eigenvalue weighted by Crippen LogP contribution is 2.24. The van der Waals surface area contributed by atoms with Gasteiger partial charge in [-0.2, -0.15) is 0 Å². The molecule has 2 amide bonds. The van der Waals surface area contributed by atoms with Crippen LogP contribution in [0.25, 0.3) is 0 Å². The van der Waals surface area contributed by atoms with E-state index in [0.717, 1.165) is 15.4 Å². The summed E-state index contributed by atoms with van der Waals surface area (Å²) in [4.78, 5) is 28.4. The van der Waals surface area contributed by atoms with Crippen LogP contribution in [-0.4, -0.2) is 43.3 Å². The molecule has 1 atom stereocenters. The molecule has 3 aromatic carbocycles. The topological polar surface area (TPSA) is 86.8 Å². The fourth-order valence-electron chi connectivity index (χ4n) is 3.80. The lowest BCUT2D eigenvalue weighted by molar-refractivity contribution is -0.140. The Morgan fingerprint density at radius 2 is 1.41 bits per heavy atom. The number of anilines is 1. The fraction of sp³-hybridized carbons (Fsp3) is 0.310. The fourth-order valence-corrected chi connectivity index (χ4v) is 5.21. The number of nitrogens with one attached hydrogen (secondary N) is 1. The smallest absolute Gasteiger partial charge is 0.264 e. The van der Waals surface area contributed by atoms with Crippen LogP contribution in [0.3, 0.4) is 0 Å². The average molecular weight is 522 g/mol. The molecule has 0 aliphatic carbocycles. The van der Waals surface area contributed by atoms with Crippen LogP contribution < -0.4 is 9.62 Å². The minimum absolute atomic E-state index is 0.0860. The number of sulfonamides is 1. The van der Waals surface area contributed by atoms with Gasteiger partial charge in [0, 0.05) is 12.1 Å². The Kier molecular flexibility index (Phi) is 8.76. The van der Waals surface area contributed by atoms with Crippen molar-refractivity contribution >= 4 is 27.5 Å². The van der Waals surface area contributed by atoms with Crippen LogP contribution in [0, 0.1) is 6.92 Å². The Balaban J connectivity index is 1.99. The lowest BCUT2D eigenvalue weighted by Crippen LogP contribution is -2.54. The van der Waals surface area contributed by atoms with Gasteiger partial charge in [-0.25, -0.2) is 8.42 Å². The summed E-state index contributed by atoms with van der Waals surface area (Å²) in [5.74, 6) is -0.801. The second kappa shape index (κ2) is 11.6. The van der Waals surface area contributed by atoms with Crippen LogP contribution in [0.15, 0.2) is 89.8 Å². The Labute approximate surface area is 220 Å². The molecule has 0 bridgehead atoms. The minimum atomic E-state index is -4.06. The molecule has 0 aromatic heterocycles. The molecular formula is C29H35N3O4S. The summed E-state index contributed by atoms with van der Waals surface area (Å²) < 4.78 is 28.6. The van der Waals surface area contributed by atoms with Gasteiger partial charge in [0.25, 0.3) is 10.0 Å². The molecule has 8 heteroatoms. The van der Waals surface area contributed by atoms with Crippen molar-refractivity contribution in [2.45, 2.75) is 57.6 Å². The van der Waals surface area contributed by atoms with Gasteiger partial charge in [-0.15, -0.1) is 0 Å². The monoisotopic (exact) mass is 521 g/mol. The Morgan fingerprint density at radius 3 is 1.95 bits per heavy atom. The molecule has 0 saturated heterocycles. The minimum Gasteiger partial charge on any atom is -0.350 e. The van der Waals surface area contributed by atoms with E-state index in [0.29, 0.717) is 5.69 Å². The Bertz CT molecular complexity index is 1300. The predicted molar refractivity (Wildman–Crippen MR) is 147 cm³/mol. The van der Waals surface area contributed by atoms with Gasteiger partial charge in [0.1, 0.15) is 12.6 Å². The van der Waals surface area contributed by atoms with Crippen LogP contribution in [0.4, 0.5) is 5.69 Å². The molecule has 0 aliphatic rings. The third-order valence-corrected chi connectivity index (χ3v) is 7.58. The molecule has 7 nitrogen and oxygen atoms in total. The van der Waals surface area contributed by atoms with Crippen molar-refractivity contribution in [3.05, 3.63) is 96.1 Å². The zero-order valence-corrected chi connectivity index (χ0v) is 22.8. The number of amides is 2. The first-order valence-electron chi connectivity index (χ1n) is 12.2. The molecule has 0 heterocycles. The molecular weight excluding hydrogens is 486 g/mol. The van der Waals surface area contributed by atoms with Crippen LogP contribution >= 0.6 is 0 Å². The molecule has 3 aromatic rings. The third-order valence-electron chi connectivity index (χ3n) is 5.79. The Morgan fingerprint density at radius 1 is 0.865 bits per heavy atom. The molecule has 0 aliphatic heterocycles. The number of aryl methyl sites for hydroxylation is 1. The van der Waals surface area contributed by atoms with Crippen molar-refractivity contribution in [2.24, 2.45) is 0 Å². The van der Waals surface area contributed by atoms with Crippen LogP contribution in [0.1, 0.15) is 38.8 Å². The quantitative estimate of drug-likeness (QED) is 0.449. The molecule has 37 heavy (non-hydrogen) atoms. The van der Waals surface area contributed by atoms with Gasteiger partial charge >= 0.3 is 0 Å². The van der Waals surface area contributed by atoms with E-state index in [1.807, 2.05) is 58.0 Å². The molecule has 0 spiro atoms. The maximum atomic E-state index is 13.8. The Hall–Kier alpha value is -3.65. The van der Waals surface area contributed by atoms with E-state index in [2.05, 4.69) is 5.32 Å². The normalized spacial score (nSPS) is 12.5. The first-order valence-corrected chi connectivity index (χ1v) is 13.6. The van der Waals surface area contributed by atoms with E-state index in [-0.39, 0.29) is 17.3 Å². The summed E-state index contributed by atoms with van der Waals surface area (Å²) in [5.41, 5.74) is 1.63. The molecule has 0 saturated carbocycles. The highest BCUT2D eigenvalue weighted by Gasteiger charge is 2.33. The number of carbonyl (C=O) groups excluding carboxylic acids is 2. The maximum absolute atomic E-state index is 13.8. The van der Waals surface area contributed by atoms with Crippen LogP contribution in [-0.2, 0) is 26.2 Å². The van der Waals surface area contributed by atoms with Gasteiger partial charge < -0.3 is 10.2 Å². The number of nitrogens with zero attached hydrogens (tertiary/aromatic N) is 2. The van der Waals surface area contributed by atoms with E-state index in [9.17, 15) is 18.0 Å². The molecule has 3 rings (SSSR count). The van der Waals surface area contributed by atoms with E-state index >= 15 is 0 Å². The lowest BCUT2D eigenvalue weighted by Gasteiger charge is -2.33. The maximum Gasteiger partial charge on any atom is 0.264 e. The summed E-state index contributed by atoms with van der Waals surface area (Å²) >= 11 is 0. The van der Waals surface area contributed by atoms with Crippen molar-refractivity contribution in [3.63, 3.8) is 0 Å². The van der Waals surface area contributed by atoms with Crippen molar-refractivity contribution in [3.8, 4) is 0 Å². The summed E-state index contributed by atoms with van der Waals surface area (Å²) in [6.45, 7) is 8.83. The van der Waals surface area contributed by atoms with Gasteiger partial charge in [-0.3, -0.25) is 13.9 Å². The second-order valence-electron chi connectivity index (χ2n) is 10.1. The first-order chi connectivity index (χ1) is 17.4. The SMILES string of the molecule is Cc1ccc(S(=O)(=O)N(CC(=O)N(Cc2ccccc2)[C@@H](C)C(=O)NC(C)(C)C)c2ccccc2)cc1. The van der Waals surface area contributed by atoms with Crippen molar-refractivity contribution in [2.75, 3.05) is 10.8 Å². The summed E-state index contributed by atoms with van der Waals surface area (Å²) in [5, 5.41) is 2.92. The van der Waals surface area contributed by atoms with Gasteiger partial charge in [0.05, 0.1) is 10.6 Å². The molecule has 0 fully saturated rings. The number of rotatable bonds is 9. The predicted octanol–water partition coefficient (Wildman–Crippen LogP) is 4.52. The zero-order chi connectivity index (χ0) is 27.2. The highest BCUT2D eigenvalue weighted by atomic mass is 32.2. The third kappa shape index (κ3) is 7.43. The van der Waals surface area contributed by atoms with Crippen LogP contribution in [0.5, 0.6) is 0 Å². The zero-order valence-electron chi connectivity index (χ0n) is 22.0. The number of para-hydroxylation sites is 1. The average Bonchev–Trinajstić information content (AvgIpc) is 2.85. The lowest BCUT2D eigenvalue weighted by atomic mass is 10.1. The summed E-state index contributed by atoms with van der Waals surface area (Å²) in [6, 6.07) is 23.5. The van der Waals surface area contributed by atoms with Crippen molar-refractivity contribution in [1.29, 1.82) is 0 Å². The van der Waals surface area contributed by atoms with Gasteiger partial charge in [0.15, 0.2) is 0 Å². The summed E-state index contributed by atoms with van der Waals surface area (Å²) in [6.07, 6.45) is 0. The van der Waals surface area contributed by atoms with Gasteiger partial charge in [-0.05, 0) is 64.4 Å². The number of hydrogen-bond donors (Lipinski definition) is 1. The van der Waals surface area contributed by atoms with Crippen molar-refractivity contribution in [1.82, 2.24) is 10.2 Å². The van der Waals surface area contributed by atoms with E-state index in [1.165, 1.54) is 17.0 Å². The van der Waals surface area contributed by atoms with Crippen molar-refractivity contribution < 1.29 is 18.0 Å².